The summed E-state index contributed by atoms with van der Waals surface area (Å²) in [7, 11) is 1.88. The molecular formula is C9H7BrClN3. The highest BCUT2D eigenvalue weighted by Crippen LogP contribution is 2.27. The highest BCUT2D eigenvalue weighted by atomic mass is 79.9. The van der Waals surface area contributed by atoms with Crippen molar-refractivity contribution in [1.82, 2.24) is 14.8 Å². The molecule has 2 rings (SSSR count). The van der Waals surface area contributed by atoms with Crippen LogP contribution in [0.15, 0.2) is 29.0 Å². The van der Waals surface area contributed by atoms with Gasteiger partial charge in [-0.15, -0.1) is 0 Å². The summed E-state index contributed by atoms with van der Waals surface area (Å²) in [5, 5.41) is 4.75. The second kappa shape index (κ2) is 3.71. The molecule has 0 aliphatic rings. The van der Waals surface area contributed by atoms with Crippen LogP contribution in [-0.4, -0.2) is 14.8 Å². The topological polar surface area (TPSA) is 30.7 Å². The Balaban J connectivity index is 2.55. The maximum Gasteiger partial charge on any atom is 0.129 e. The molecular weight excluding hydrogens is 265 g/mol. The fraction of sp³-hybridized carbons (Fsp3) is 0.111. The molecule has 2 aromatic heterocycles. The third kappa shape index (κ3) is 1.81. The van der Waals surface area contributed by atoms with Crippen LogP contribution in [0.25, 0.3) is 11.3 Å². The van der Waals surface area contributed by atoms with Crippen molar-refractivity contribution in [2.24, 2.45) is 7.05 Å². The summed E-state index contributed by atoms with van der Waals surface area (Å²) in [5.41, 5.74) is 1.83. The fourth-order valence-electron chi connectivity index (χ4n) is 1.17. The molecule has 0 fully saturated rings. The van der Waals surface area contributed by atoms with Gasteiger partial charge in [0.15, 0.2) is 0 Å². The number of hydrogen-bond donors (Lipinski definition) is 0. The normalized spacial score (nSPS) is 10.5. The van der Waals surface area contributed by atoms with Crippen LogP contribution < -0.4 is 0 Å². The minimum absolute atomic E-state index is 0.467. The lowest BCUT2D eigenvalue weighted by atomic mass is 10.2. The molecule has 0 N–H and O–H groups in total. The zero-order valence-electron chi connectivity index (χ0n) is 7.41. The van der Waals surface area contributed by atoms with Gasteiger partial charge in [0, 0.05) is 29.5 Å². The molecule has 0 radical (unpaired) electrons. The van der Waals surface area contributed by atoms with Gasteiger partial charge in [-0.1, -0.05) is 11.6 Å². The fourth-order valence-corrected chi connectivity index (χ4v) is 1.75. The molecule has 2 heterocycles. The minimum atomic E-state index is 0.467. The van der Waals surface area contributed by atoms with Crippen LogP contribution in [0.1, 0.15) is 0 Å². The first-order valence-electron chi connectivity index (χ1n) is 3.98. The second-order valence-corrected chi connectivity index (χ2v) is 4.10. The van der Waals surface area contributed by atoms with Gasteiger partial charge >= 0.3 is 0 Å². The maximum absolute atomic E-state index is 5.81. The Morgan fingerprint density at radius 3 is 2.93 bits per heavy atom. The minimum Gasteiger partial charge on any atom is -0.275 e. The van der Waals surface area contributed by atoms with Crippen LogP contribution in [0.3, 0.4) is 0 Å². The number of hydrogen-bond acceptors (Lipinski definition) is 2. The van der Waals surface area contributed by atoms with Gasteiger partial charge in [-0.2, -0.15) is 5.10 Å². The standard InChI is InChI=1S/C9H7BrClN3/c1-14-3-2-8(13-14)6-4-9(11)12-5-7(6)10/h2-5H,1H3. The van der Waals surface area contributed by atoms with Crippen LogP contribution in [0.4, 0.5) is 0 Å². The van der Waals surface area contributed by atoms with Gasteiger partial charge in [-0.3, -0.25) is 4.68 Å². The van der Waals surface area contributed by atoms with Crippen molar-refractivity contribution >= 4 is 27.5 Å². The van der Waals surface area contributed by atoms with E-state index in [9.17, 15) is 0 Å². The van der Waals surface area contributed by atoms with Gasteiger partial charge in [-0.25, -0.2) is 4.98 Å². The Hall–Kier alpha value is -0.870. The van der Waals surface area contributed by atoms with E-state index in [0.717, 1.165) is 15.7 Å². The van der Waals surface area contributed by atoms with E-state index in [1.807, 2.05) is 19.3 Å². The summed E-state index contributed by atoms with van der Waals surface area (Å²) >= 11 is 9.21. The molecule has 14 heavy (non-hydrogen) atoms. The molecule has 0 aromatic carbocycles. The van der Waals surface area contributed by atoms with Gasteiger partial charge in [0.25, 0.3) is 0 Å². The summed E-state index contributed by atoms with van der Waals surface area (Å²) in [5.74, 6) is 0. The summed E-state index contributed by atoms with van der Waals surface area (Å²) in [6.45, 7) is 0. The maximum atomic E-state index is 5.81. The van der Waals surface area contributed by atoms with Gasteiger partial charge in [-0.05, 0) is 28.1 Å². The Morgan fingerprint density at radius 1 is 1.50 bits per heavy atom. The Labute approximate surface area is 94.9 Å². The smallest absolute Gasteiger partial charge is 0.129 e. The van der Waals surface area contributed by atoms with E-state index in [-0.39, 0.29) is 0 Å². The summed E-state index contributed by atoms with van der Waals surface area (Å²) in [6, 6.07) is 3.71. The highest BCUT2D eigenvalue weighted by Gasteiger charge is 2.06. The van der Waals surface area contributed by atoms with Crippen molar-refractivity contribution in [1.29, 1.82) is 0 Å². The van der Waals surface area contributed by atoms with Crippen LogP contribution >= 0.6 is 27.5 Å². The van der Waals surface area contributed by atoms with Crippen LogP contribution in [0.5, 0.6) is 0 Å². The van der Waals surface area contributed by atoms with E-state index in [1.165, 1.54) is 0 Å². The molecule has 0 unspecified atom stereocenters. The van der Waals surface area contributed by atoms with Crippen LogP contribution in [0, 0.1) is 0 Å². The first kappa shape index (κ1) is 9.68. The van der Waals surface area contributed by atoms with E-state index < -0.39 is 0 Å². The van der Waals surface area contributed by atoms with Crippen molar-refractivity contribution in [2.75, 3.05) is 0 Å². The van der Waals surface area contributed by atoms with Crippen molar-refractivity contribution < 1.29 is 0 Å². The third-order valence-corrected chi connectivity index (χ3v) is 2.65. The predicted molar refractivity (Wildman–Crippen MR) is 59.1 cm³/mol. The lowest BCUT2D eigenvalue weighted by Crippen LogP contribution is -1.89. The lowest BCUT2D eigenvalue weighted by molar-refractivity contribution is 0.771. The Bertz CT molecular complexity index is 467. The van der Waals surface area contributed by atoms with Gasteiger partial charge in [0.05, 0.1) is 5.69 Å². The largest absolute Gasteiger partial charge is 0.275 e. The Kier molecular flexibility index (Phi) is 2.56. The molecule has 72 valence electrons. The summed E-state index contributed by atoms with van der Waals surface area (Å²) < 4.78 is 2.64. The molecule has 0 aliphatic carbocycles. The van der Waals surface area contributed by atoms with E-state index in [0.29, 0.717) is 5.15 Å². The van der Waals surface area contributed by atoms with Crippen LogP contribution in [-0.2, 0) is 7.05 Å². The SMILES string of the molecule is Cn1ccc(-c2cc(Cl)ncc2Br)n1. The summed E-state index contributed by atoms with van der Waals surface area (Å²) in [6.07, 6.45) is 3.56. The zero-order valence-corrected chi connectivity index (χ0v) is 9.75. The molecule has 0 spiro atoms. The lowest BCUT2D eigenvalue weighted by Gasteiger charge is -2.00. The quantitative estimate of drug-likeness (QED) is 0.747. The molecule has 0 saturated heterocycles. The first-order chi connectivity index (χ1) is 6.66. The van der Waals surface area contributed by atoms with Gasteiger partial charge < -0.3 is 0 Å². The summed E-state index contributed by atoms with van der Waals surface area (Å²) in [4.78, 5) is 3.96. The van der Waals surface area contributed by atoms with Gasteiger partial charge in [0.1, 0.15) is 5.15 Å². The van der Waals surface area contributed by atoms with E-state index in [4.69, 9.17) is 11.6 Å². The predicted octanol–water partition coefficient (Wildman–Crippen LogP) is 2.90. The van der Waals surface area contributed by atoms with Crippen molar-refractivity contribution in [2.45, 2.75) is 0 Å². The van der Waals surface area contributed by atoms with E-state index in [1.54, 1.807) is 16.9 Å². The third-order valence-electron chi connectivity index (χ3n) is 1.81. The number of aromatic nitrogens is 3. The monoisotopic (exact) mass is 271 g/mol. The van der Waals surface area contributed by atoms with Gasteiger partial charge in [0.2, 0.25) is 0 Å². The van der Waals surface area contributed by atoms with Crippen molar-refractivity contribution in [3.05, 3.63) is 34.2 Å². The number of pyridine rings is 1. The number of rotatable bonds is 1. The van der Waals surface area contributed by atoms with E-state index in [2.05, 4.69) is 26.0 Å². The Morgan fingerprint density at radius 2 is 2.29 bits per heavy atom. The molecule has 0 aliphatic heterocycles. The average molecular weight is 273 g/mol. The number of nitrogens with zero attached hydrogens (tertiary/aromatic N) is 3. The highest BCUT2D eigenvalue weighted by molar-refractivity contribution is 9.10. The molecule has 5 heteroatoms. The molecule has 2 aromatic rings. The zero-order chi connectivity index (χ0) is 10.1. The molecule has 0 atom stereocenters. The molecule has 0 amide bonds. The first-order valence-corrected chi connectivity index (χ1v) is 5.15. The number of aryl methyl sites for hydroxylation is 1. The van der Waals surface area contributed by atoms with Crippen molar-refractivity contribution in [3.8, 4) is 11.3 Å². The molecule has 3 nitrogen and oxygen atoms in total. The van der Waals surface area contributed by atoms with Crippen LogP contribution in [0.2, 0.25) is 5.15 Å². The molecule has 0 bridgehead atoms. The van der Waals surface area contributed by atoms with Crippen molar-refractivity contribution in [3.63, 3.8) is 0 Å². The average Bonchev–Trinajstić information content (AvgIpc) is 2.56. The number of halogens is 2. The molecule has 0 saturated carbocycles. The van der Waals surface area contributed by atoms with E-state index >= 15 is 0 Å². The second-order valence-electron chi connectivity index (χ2n) is 2.86.